The van der Waals surface area contributed by atoms with E-state index in [4.69, 9.17) is 0 Å². The SMILES string of the molecule is O=C(Nc1ccc(SC(C(=O)Nc2ccccc2)c2ccccc2)cc1)/C(=C/c1ccc(F)cc1)NC(=O)c1ccccc1. The molecular formula is C36H28FN3O3S. The van der Waals surface area contributed by atoms with E-state index in [2.05, 4.69) is 16.0 Å². The van der Waals surface area contributed by atoms with Crippen LogP contribution < -0.4 is 16.0 Å². The Hall–Kier alpha value is -5.47. The van der Waals surface area contributed by atoms with E-state index >= 15 is 0 Å². The molecule has 3 amide bonds. The Morgan fingerprint density at radius 3 is 1.84 bits per heavy atom. The summed E-state index contributed by atoms with van der Waals surface area (Å²) in [6.07, 6.45) is 1.48. The quantitative estimate of drug-likeness (QED) is 0.113. The van der Waals surface area contributed by atoms with Crippen molar-refractivity contribution in [2.24, 2.45) is 0 Å². The Morgan fingerprint density at radius 1 is 0.636 bits per heavy atom. The van der Waals surface area contributed by atoms with Gasteiger partial charge in [0.2, 0.25) is 5.91 Å². The zero-order valence-electron chi connectivity index (χ0n) is 23.4. The van der Waals surface area contributed by atoms with Gasteiger partial charge in [-0.1, -0.05) is 78.9 Å². The number of para-hydroxylation sites is 1. The summed E-state index contributed by atoms with van der Waals surface area (Å²) in [5.41, 5.74) is 2.97. The minimum atomic E-state index is -0.552. The second-order valence-electron chi connectivity index (χ2n) is 9.67. The van der Waals surface area contributed by atoms with Crippen LogP contribution in [0.2, 0.25) is 0 Å². The number of carbonyl (C=O) groups excluding carboxylic acids is 3. The first kappa shape index (κ1) is 30.0. The number of carbonyl (C=O) groups is 3. The van der Waals surface area contributed by atoms with E-state index in [1.54, 1.807) is 42.5 Å². The van der Waals surface area contributed by atoms with Crippen molar-refractivity contribution in [3.8, 4) is 0 Å². The summed E-state index contributed by atoms with van der Waals surface area (Å²) in [6, 6.07) is 40.0. The van der Waals surface area contributed by atoms with Crippen molar-refractivity contribution < 1.29 is 18.8 Å². The molecule has 0 aliphatic rings. The number of nitrogens with one attached hydrogen (secondary N) is 3. The number of hydrogen-bond acceptors (Lipinski definition) is 4. The van der Waals surface area contributed by atoms with E-state index in [1.165, 1.54) is 42.1 Å². The summed E-state index contributed by atoms with van der Waals surface area (Å²) in [7, 11) is 0. The third kappa shape index (κ3) is 8.30. The summed E-state index contributed by atoms with van der Waals surface area (Å²) in [6.45, 7) is 0. The van der Waals surface area contributed by atoms with Crippen LogP contribution >= 0.6 is 11.8 Å². The summed E-state index contributed by atoms with van der Waals surface area (Å²) < 4.78 is 13.5. The van der Waals surface area contributed by atoms with Crippen LogP contribution in [0.25, 0.3) is 6.08 Å². The van der Waals surface area contributed by atoms with E-state index < -0.39 is 22.9 Å². The molecule has 3 N–H and O–H groups in total. The second-order valence-corrected chi connectivity index (χ2v) is 10.9. The first-order chi connectivity index (χ1) is 21.4. The maximum Gasteiger partial charge on any atom is 0.272 e. The van der Waals surface area contributed by atoms with Crippen molar-refractivity contribution in [1.82, 2.24) is 5.32 Å². The molecule has 0 fully saturated rings. The second kappa shape index (κ2) is 14.6. The standard InChI is InChI=1S/C36H28FN3O3S/c37-28-18-16-25(17-19-28)24-32(40-34(41)27-12-6-2-7-13-27)35(42)38-30-20-22-31(23-21-30)44-33(26-10-4-1-5-11-26)36(43)39-29-14-8-3-9-15-29/h1-24,33H,(H,38,42)(H,39,43)(H,40,41)/b32-24-. The third-order valence-corrected chi connectivity index (χ3v) is 7.72. The van der Waals surface area contributed by atoms with Gasteiger partial charge in [0.05, 0.1) is 0 Å². The Kier molecular flexibility index (Phi) is 9.97. The Balaban J connectivity index is 1.32. The van der Waals surface area contributed by atoms with Crippen LogP contribution in [0.4, 0.5) is 15.8 Å². The van der Waals surface area contributed by atoms with E-state index in [1.807, 2.05) is 72.8 Å². The number of amides is 3. The van der Waals surface area contributed by atoms with Crippen molar-refractivity contribution in [3.63, 3.8) is 0 Å². The summed E-state index contributed by atoms with van der Waals surface area (Å²) in [5.74, 6) is -1.58. The van der Waals surface area contributed by atoms with Crippen LogP contribution in [0.5, 0.6) is 0 Å². The van der Waals surface area contributed by atoms with Gasteiger partial charge in [-0.25, -0.2) is 4.39 Å². The molecule has 5 aromatic carbocycles. The van der Waals surface area contributed by atoms with Crippen molar-refractivity contribution in [1.29, 1.82) is 0 Å². The van der Waals surface area contributed by atoms with Crippen molar-refractivity contribution >= 4 is 46.9 Å². The topological polar surface area (TPSA) is 87.3 Å². The van der Waals surface area contributed by atoms with E-state index in [0.29, 0.717) is 22.5 Å². The summed E-state index contributed by atoms with van der Waals surface area (Å²) in [5, 5.41) is 7.95. The maximum absolute atomic E-state index is 13.5. The number of rotatable bonds is 10. The van der Waals surface area contributed by atoms with E-state index in [9.17, 15) is 18.8 Å². The Bertz CT molecular complexity index is 1750. The molecule has 0 heterocycles. The van der Waals surface area contributed by atoms with Crippen LogP contribution in [0.3, 0.4) is 0 Å². The third-order valence-electron chi connectivity index (χ3n) is 6.46. The monoisotopic (exact) mass is 601 g/mol. The lowest BCUT2D eigenvalue weighted by atomic mass is 10.1. The zero-order chi connectivity index (χ0) is 30.7. The minimum Gasteiger partial charge on any atom is -0.325 e. The van der Waals surface area contributed by atoms with Crippen LogP contribution in [0.1, 0.15) is 26.7 Å². The van der Waals surface area contributed by atoms with Gasteiger partial charge in [-0.2, -0.15) is 0 Å². The van der Waals surface area contributed by atoms with Gasteiger partial charge in [0, 0.05) is 21.8 Å². The maximum atomic E-state index is 13.5. The van der Waals surface area contributed by atoms with Gasteiger partial charge in [-0.05, 0) is 77.9 Å². The predicted octanol–water partition coefficient (Wildman–Crippen LogP) is 7.71. The molecule has 5 aromatic rings. The van der Waals surface area contributed by atoms with Gasteiger partial charge in [-0.15, -0.1) is 11.8 Å². The molecule has 44 heavy (non-hydrogen) atoms. The molecule has 0 aromatic heterocycles. The molecule has 5 rings (SSSR count). The highest BCUT2D eigenvalue weighted by molar-refractivity contribution is 8.00. The lowest BCUT2D eigenvalue weighted by molar-refractivity contribution is -0.116. The molecule has 0 spiro atoms. The van der Waals surface area contributed by atoms with Crippen molar-refractivity contribution in [2.75, 3.05) is 10.6 Å². The summed E-state index contributed by atoms with van der Waals surface area (Å²) in [4.78, 5) is 40.3. The average molecular weight is 602 g/mol. The van der Waals surface area contributed by atoms with Crippen LogP contribution in [-0.2, 0) is 9.59 Å². The number of benzene rings is 5. The molecule has 0 saturated heterocycles. The van der Waals surface area contributed by atoms with Gasteiger partial charge in [0.1, 0.15) is 16.8 Å². The first-order valence-corrected chi connectivity index (χ1v) is 14.7. The fourth-order valence-corrected chi connectivity index (χ4v) is 5.27. The normalized spacial score (nSPS) is 11.7. The van der Waals surface area contributed by atoms with E-state index in [0.717, 1.165) is 10.5 Å². The molecule has 0 bridgehead atoms. The lowest BCUT2D eigenvalue weighted by Gasteiger charge is -2.17. The lowest BCUT2D eigenvalue weighted by Crippen LogP contribution is -2.30. The molecular weight excluding hydrogens is 573 g/mol. The molecule has 0 radical (unpaired) electrons. The zero-order valence-corrected chi connectivity index (χ0v) is 24.3. The smallest absolute Gasteiger partial charge is 0.272 e. The molecule has 0 saturated carbocycles. The van der Waals surface area contributed by atoms with Crippen LogP contribution in [0.15, 0.2) is 150 Å². The van der Waals surface area contributed by atoms with Gasteiger partial charge < -0.3 is 16.0 Å². The highest BCUT2D eigenvalue weighted by Gasteiger charge is 2.22. The first-order valence-electron chi connectivity index (χ1n) is 13.8. The molecule has 1 unspecified atom stereocenters. The Morgan fingerprint density at radius 2 is 1.20 bits per heavy atom. The fourth-order valence-electron chi connectivity index (χ4n) is 4.25. The number of halogens is 1. The largest absolute Gasteiger partial charge is 0.325 e. The number of anilines is 2. The molecule has 8 heteroatoms. The number of hydrogen-bond donors (Lipinski definition) is 3. The van der Waals surface area contributed by atoms with Gasteiger partial charge in [0.25, 0.3) is 11.8 Å². The van der Waals surface area contributed by atoms with Crippen LogP contribution in [0, 0.1) is 5.82 Å². The Labute approximate surface area is 259 Å². The molecule has 0 aliphatic carbocycles. The van der Waals surface area contributed by atoms with Gasteiger partial charge in [-0.3, -0.25) is 14.4 Å². The van der Waals surface area contributed by atoms with Crippen LogP contribution in [-0.4, -0.2) is 17.7 Å². The molecule has 1 atom stereocenters. The fraction of sp³-hybridized carbons (Fsp3) is 0.0278. The van der Waals surface area contributed by atoms with Gasteiger partial charge in [0.15, 0.2) is 0 Å². The highest BCUT2D eigenvalue weighted by atomic mass is 32.2. The van der Waals surface area contributed by atoms with Gasteiger partial charge >= 0.3 is 0 Å². The summed E-state index contributed by atoms with van der Waals surface area (Å²) >= 11 is 1.39. The highest BCUT2D eigenvalue weighted by Crippen LogP contribution is 2.36. The molecule has 0 aliphatic heterocycles. The molecule has 6 nitrogen and oxygen atoms in total. The van der Waals surface area contributed by atoms with Crippen molar-refractivity contribution in [2.45, 2.75) is 10.1 Å². The minimum absolute atomic E-state index is 0.00867. The van der Waals surface area contributed by atoms with Crippen molar-refractivity contribution in [3.05, 3.63) is 168 Å². The number of thioether (sulfide) groups is 1. The average Bonchev–Trinajstić information content (AvgIpc) is 3.06. The molecule has 218 valence electrons. The predicted molar refractivity (Wildman–Crippen MR) is 173 cm³/mol. The van der Waals surface area contributed by atoms with E-state index in [-0.39, 0.29) is 11.6 Å².